The van der Waals surface area contributed by atoms with Gasteiger partial charge in [0, 0.05) is 55.9 Å². The summed E-state index contributed by atoms with van der Waals surface area (Å²) in [5.74, 6) is -1.05. The third-order valence-electron chi connectivity index (χ3n) is 6.97. The second-order valence-corrected chi connectivity index (χ2v) is 9.20. The number of amides is 1. The van der Waals surface area contributed by atoms with Crippen LogP contribution in [0.5, 0.6) is 0 Å². The Morgan fingerprint density at radius 2 is 1.86 bits per heavy atom. The van der Waals surface area contributed by atoms with Crippen LogP contribution in [0.4, 0.5) is 28.9 Å². The molecule has 1 aromatic heterocycles. The Hall–Kier alpha value is -3.62. The normalized spacial score (nSPS) is 19.4. The number of hydrogen-bond donors (Lipinski definition) is 1. The van der Waals surface area contributed by atoms with E-state index in [1.165, 1.54) is 24.3 Å². The molecule has 1 saturated heterocycles. The molecule has 0 saturated carbocycles. The topological polar surface area (TPSA) is 48.5 Å². The molecular weight excluding hydrogens is 472 g/mol. The predicted octanol–water partition coefficient (Wildman–Crippen LogP) is 4.47. The molecule has 0 aliphatic carbocycles. The summed E-state index contributed by atoms with van der Waals surface area (Å²) < 4.78 is 53.7. The van der Waals surface area contributed by atoms with Gasteiger partial charge in [-0.05, 0) is 66.6 Å². The fraction of sp³-hybridized carbons (Fsp3) is 0.333. The SMILES string of the molecule is O=C(NCCc1ccccn1)C1Cc2cc(C(F)(F)F)ccc2N2CCN(c3ccc(F)cc3)CC12. The fourth-order valence-corrected chi connectivity index (χ4v) is 5.18. The van der Waals surface area contributed by atoms with Crippen LogP contribution < -0.4 is 15.1 Å². The minimum Gasteiger partial charge on any atom is -0.368 e. The van der Waals surface area contributed by atoms with Crippen molar-refractivity contribution in [2.75, 3.05) is 36.0 Å². The van der Waals surface area contributed by atoms with E-state index in [9.17, 15) is 22.4 Å². The largest absolute Gasteiger partial charge is 0.416 e. The Labute approximate surface area is 206 Å². The smallest absolute Gasteiger partial charge is 0.368 e. The molecule has 2 aromatic carbocycles. The molecule has 9 heteroatoms. The molecule has 0 bridgehead atoms. The van der Waals surface area contributed by atoms with Gasteiger partial charge in [-0.15, -0.1) is 0 Å². The van der Waals surface area contributed by atoms with E-state index in [-0.39, 0.29) is 24.2 Å². The van der Waals surface area contributed by atoms with Crippen molar-refractivity contribution in [2.45, 2.75) is 25.1 Å². The van der Waals surface area contributed by atoms with Gasteiger partial charge in [0.05, 0.1) is 17.5 Å². The summed E-state index contributed by atoms with van der Waals surface area (Å²) in [5.41, 5.74) is 2.26. The number of anilines is 2. The first-order valence-electron chi connectivity index (χ1n) is 11.9. The molecule has 1 fully saturated rings. The van der Waals surface area contributed by atoms with Gasteiger partial charge in [0.1, 0.15) is 5.82 Å². The third kappa shape index (κ3) is 5.01. The van der Waals surface area contributed by atoms with E-state index >= 15 is 0 Å². The minimum absolute atomic E-state index is 0.190. The van der Waals surface area contributed by atoms with Crippen LogP contribution in [0.15, 0.2) is 66.9 Å². The number of piperazine rings is 1. The lowest BCUT2D eigenvalue weighted by Gasteiger charge is -2.49. The number of hydrogen-bond acceptors (Lipinski definition) is 4. The number of carbonyl (C=O) groups excluding carboxylic acids is 1. The number of nitrogens with one attached hydrogen (secondary N) is 1. The van der Waals surface area contributed by atoms with Crippen LogP contribution in [0.25, 0.3) is 0 Å². The highest BCUT2D eigenvalue weighted by atomic mass is 19.4. The number of carbonyl (C=O) groups is 1. The quantitative estimate of drug-likeness (QED) is 0.528. The highest BCUT2D eigenvalue weighted by Crippen LogP contribution is 2.40. The van der Waals surface area contributed by atoms with E-state index < -0.39 is 17.7 Å². The number of rotatable bonds is 5. The first kappa shape index (κ1) is 24.1. The van der Waals surface area contributed by atoms with E-state index in [1.54, 1.807) is 18.3 Å². The maximum absolute atomic E-state index is 13.4. The number of pyridine rings is 1. The molecule has 0 radical (unpaired) electrons. The summed E-state index contributed by atoms with van der Waals surface area (Å²) in [4.78, 5) is 21.8. The van der Waals surface area contributed by atoms with Gasteiger partial charge in [0.25, 0.3) is 0 Å². The van der Waals surface area contributed by atoms with Gasteiger partial charge in [0.2, 0.25) is 5.91 Å². The lowest BCUT2D eigenvalue weighted by Crippen LogP contribution is -2.61. The lowest BCUT2D eigenvalue weighted by atomic mass is 9.82. The lowest BCUT2D eigenvalue weighted by molar-refractivity contribution is -0.137. The summed E-state index contributed by atoms with van der Waals surface area (Å²) in [6.07, 6.45) is -1.98. The van der Waals surface area contributed by atoms with E-state index in [4.69, 9.17) is 0 Å². The van der Waals surface area contributed by atoms with Gasteiger partial charge in [-0.25, -0.2) is 4.39 Å². The van der Waals surface area contributed by atoms with Crippen molar-refractivity contribution in [1.29, 1.82) is 0 Å². The van der Waals surface area contributed by atoms with Crippen molar-refractivity contribution >= 4 is 17.3 Å². The van der Waals surface area contributed by atoms with Gasteiger partial charge in [-0.3, -0.25) is 9.78 Å². The van der Waals surface area contributed by atoms with Crippen LogP contribution in [0.1, 0.15) is 16.8 Å². The number of nitrogens with zero attached hydrogens (tertiary/aromatic N) is 3. The van der Waals surface area contributed by atoms with Crippen LogP contribution in [-0.2, 0) is 23.8 Å². The monoisotopic (exact) mass is 498 g/mol. The molecule has 2 atom stereocenters. The maximum atomic E-state index is 13.4. The number of fused-ring (bicyclic) bond motifs is 3. The number of aromatic nitrogens is 1. The number of halogens is 4. The highest BCUT2D eigenvalue weighted by molar-refractivity contribution is 5.82. The average molecular weight is 499 g/mol. The Morgan fingerprint density at radius 1 is 1.06 bits per heavy atom. The maximum Gasteiger partial charge on any atom is 0.416 e. The average Bonchev–Trinajstić information content (AvgIpc) is 2.88. The van der Waals surface area contributed by atoms with Crippen molar-refractivity contribution in [3.05, 3.63) is 89.5 Å². The van der Waals surface area contributed by atoms with E-state index in [2.05, 4.69) is 20.1 Å². The highest BCUT2D eigenvalue weighted by Gasteiger charge is 2.42. The van der Waals surface area contributed by atoms with Crippen molar-refractivity contribution in [2.24, 2.45) is 5.92 Å². The Morgan fingerprint density at radius 3 is 2.58 bits per heavy atom. The van der Waals surface area contributed by atoms with Crippen molar-refractivity contribution in [3.63, 3.8) is 0 Å². The first-order valence-corrected chi connectivity index (χ1v) is 11.9. The molecule has 2 aliphatic rings. The summed E-state index contributed by atoms with van der Waals surface area (Å²) in [6.45, 7) is 2.04. The van der Waals surface area contributed by atoms with Crippen LogP contribution in [0.2, 0.25) is 0 Å². The molecular formula is C27H26F4N4O. The summed E-state index contributed by atoms with van der Waals surface area (Å²) in [5, 5.41) is 2.98. The zero-order chi connectivity index (χ0) is 25.3. The molecule has 1 N–H and O–H groups in total. The Balaban J connectivity index is 1.40. The van der Waals surface area contributed by atoms with Crippen LogP contribution in [0.3, 0.4) is 0 Å². The summed E-state index contributed by atoms with van der Waals surface area (Å²) in [7, 11) is 0. The molecule has 1 amide bonds. The van der Waals surface area contributed by atoms with Crippen molar-refractivity contribution in [1.82, 2.24) is 10.3 Å². The van der Waals surface area contributed by atoms with E-state index in [0.29, 0.717) is 38.2 Å². The second kappa shape index (κ2) is 9.79. The molecule has 2 aliphatic heterocycles. The number of alkyl halides is 3. The Bertz CT molecular complexity index is 1220. The molecule has 3 heterocycles. The number of benzene rings is 2. The molecule has 5 rings (SSSR count). The second-order valence-electron chi connectivity index (χ2n) is 9.20. The standard InChI is InChI=1S/C27H26F4N4O/c28-20-5-7-22(8-6-20)34-13-14-35-24-9-4-19(27(29,30)31)15-18(24)16-23(25(35)17-34)26(36)33-12-10-21-3-1-2-11-32-21/h1-9,11,15,23,25H,10,12-14,16-17H2,(H,33,36). The summed E-state index contributed by atoms with van der Waals surface area (Å²) in [6, 6.07) is 15.4. The van der Waals surface area contributed by atoms with Gasteiger partial charge in [0.15, 0.2) is 0 Å². The fourth-order valence-electron chi connectivity index (χ4n) is 5.18. The first-order chi connectivity index (χ1) is 17.3. The Kier molecular flexibility index (Phi) is 6.55. The molecule has 36 heavy (non-hydrogen) atoms. The molecule has 3 aromatic rings. The van der Waals surface area contributed by atoms with Gasteiger partial charge < -0.3 is 15.1 Å². The van der Waals surface area contributed by atoms with Crippen LogP contribution in [-0.4, -0.2) is 43.1 Å². The zero-order valence-corrected chi connectivity index (χ0v) is 19.5. The van der Waals surface area contributed by atoms with Gasteiger partial charge in [-0.2, -0.15) is 13.2 Å². The van der Waals surface area contributed by atoms with Crippen LogP contribution in [0, 0.1) is 11.7 Å². The molecule has 0 spiro atoms. The molecule has 2 unspecified atom stereocenters. The predicted molar refractivity (Wildman–Crippen MR) is 129 cm³/mol. The van der Waals surface area contributed by atoms with Gasteiger partial charge in [-0.1, -0.05) is 6.07 Å². The van der Waals surface area contributed by atoms with E-state index in [0.717, 1.165) is 23.1 Å². The third-order valence-corrected chi connectivity index (χ3v) is 6.97. The van der Waals surface area contributed by atoms with E-state index in [1.807, 2.05) is 18.2 Å². The van der Waals surface area contributed by atoms with Crippen molar-refractivity contribution in [3.8, 4) is 0 Å². The molecule has 188 valence electrons. The van der Waals surface area contributed by atoms with Crippen LogP contribution >= 0.6 is 0 Å². The minimum atomic E-state index is -4.45. The molecule has 5 nitrogen and oxygen atoms in total. The summed E-state index contributed by atoms with van der Waals surface area (Å²) >= 11 is 0. The van der Waals surface area contributed by atoms with Gasteiger partial charge >= 0.3 is 6.18 Å². The zero-order valence-electron chi connectivity index (χ0n) is 19.5. The van der Waals surface area contributed by atoms with Crippen molar-refractivity contribution < 1.29 is 22.4 Å².